The van der Waals surface area contributed by atoms with Gasteiger partial charge in [0, 0.05) is 22.0 Å². The van der Waals surface area contributed by atoms with Crippen molar-refractivity contribution >= 4 is 40.8 Å². The summed E-state index contributed by atoms with van der Waals surface area (Å²) in [5, 5.41) is 3.32. The van der Waals surface area contributed by atoms with E-state index in [0.717, 1.165) is 0 Å². The molecule has 0 saturated heterocycles. The summed E-state index contributed by atoms with van der Waals surface area (Å²) in [5.41, 5.74) is 1.52. The molecule has 8 nitrogen and oxygen atoms in total. The maximum absolute atomic E-state index is 12.5. The van der Waals surface area contributed by atoms with E-state index in [0.29, 0.717) is 22.0 Å². The Morgan fingerprint density at radius 1 is 1.03 bits per heavy atom. The Kier molecular flexibility index (Phi) is 6.71. The van der Waals surface area contributed by atoms with Crippen LogP contribution in [0.25, 0.3) is 0 Å². The van der Waals surface area contributed by atoms with Crippen LogP contribution in [-0.4, -0.2) is 45.4 Å². The molecular formula is C21H19ClN2O6. The second kappa shape index (κ2) is 9.43. The Balaban J connectivity index is 1.91. The van der Waals surface area contributed by atoms with Gasteiger partial charge in [0.05, 0.1) is 26.4 Å². The van der Waals surface area contributed by atoms with E-state index < -0.39 is 11.9 Å². The molecule has 0 radical (unpaired) electrons. The first kappa shape index (κ1) is 21.4. The summed E-state index contributed by atoms with van der Waals surface area (Å²) in [7, 11) is 2.44. The molecule has 9 heteroatoms. The maximum Gasteiger partial charge on any atom is 0.355 e. The third-order valence-electron chi connectivity index (χ3n) is 4.36. The van der Waals surface area contributed by atoms with Gasteiger partial charge in [0.15, 0.2) is 0 Å². The molecule has 2 aromatic rings. The van der Waals surface area contributed by atoms with Crippen LogP contribution in [0.2, 0.25) is 5.02 Å². The number of benzene rings is 2. The highest BCUT2D eigenvalue weighted by atomic mass is 35.5. The molecule has 30 heavy (non-hydrogen) atoms. The third-order valence-corrected chi connectivity index (χ3v) is 4.61. The molecule has 1 N–H and O–H groups in total. The molecule has 156 valence electrons. The number of esters is 2. The van der Waals surface area contributed by atoms with Gasteiger partial charge in [0.25, 0.3) is 5.91 Å². The number of ether oxygens (including phenoxy) is 3. The van der Waals surface area contributed by atoms with E-state index in [2.05, 4.69) is 5.32 Å². The van der Waals surface area contributed by atoms with Crippen molar-refractivity contribution < 1.29 is 28.6 Å². The van der Waals surface area contributed by atoms with E-state index in [9.17, 15) is 14.4 Å². The number of nitrogens with one attached hydrogen (secondary N) is 1. The lowest BCUT2D eigenvalue weighted by atomic mass is 10.1. The highest BCUT2D eigenvalue weighted by Gasteiger charge is 2.32. The number of amides is 1. The highest BCUT2D eigenvalue weighted by molar-refractivity contribution is 6.30. The molecule has 2 aromatic carbocycles. The summed E-state index contributed by atoms with van der Waals surface area (Å²) >= 11 is 5.85. The van der Waals surface area contributed by atoms with E-state index in [1.807, 2.05) is 0 Å². The van der Waals surface area contributed by atoms with Crippen molar-refractivity contribution in [3.05, 3.63) is 70.4 Å². The minimum absolute atomic E-state index is 0.0134. The summed E-state index contributed by atoms with van der Waals surface area (Å²) < 4.78 is 15.1. The molecule has 3 rings (SSSR count). The van der Waals surface area contributed by atoms with Crippen molar-refractivity contribution in [1.29, 1.82) is 0 Å². The number of hydrogen-bond acceptors (Lipinski definition) is 7. The molecule has 1 aliphatic heterocycles. The Hall–Kier alpha value is -3.36. The molecule has 0 aromatic heterocycles. The zero-order chi connectivity index (χ0) is 21.7. The smallest absolute Gasteiger partial charge is 0.355 e. The lowest BCUT2D eigenvalue weighted by molar-refractivity contribution is -0.140. The van der Waals surface area contributed by atoms with Crippen molar-refractivity contribution in [2.24, 2.45) is 0 Å². The van der Waals surface area contributed by atoms with E-state index in [1.165, 1.54) is 19.1 Å². The first-order valence-corrected chi connectivity index (χ1v) is 9.24. The van der Waals surface area contributed by atoms with Crippen LogP contribution in [0.15, 0.2) is 59.8 Å². The Morgan fingerprint density at radius 3 is 2.40 bits per heavy atom. The molecule has 0 unspecified atom stereocenters. The zero-order valence-electron chi connectivity index (χ0n) is 16.3. The minimum Gasteiger partial charge on any atom is -0.466 e. The fraction of sp³-hybridized carbons (Fsp3) is 0.190. The second-order valence-corrected chi connectivity index (χ2v) is 6.66. The molecule has 0 saturated carbocycles. The summed E-state index contributed by atoms with van der Waals surface area (Å²) in [6.45, 7) is -0.0693. The largest absolute Gasteiger partial charge is 0.466 e. The fourth-order valence-electron chi connectivity index (χ4n) is 2.90. The molecule has 0 spiro atoms. The van der Waals surface area contributed by atoms with Crippen molar-refractivity contribution in [3.8, 4) is 0 Å². The van der Waals surface area contributed by atoms with Crippen LogP contribution < -0.4 is 10.2 Å². The third kappa shape index (κ3) is 4.61. The van der Waals surface area contributed by atoms with Crippen molar-refractivity contribution in [1.82, 2.24) is 0 Å². The minimum atomic E-state index is -0.700. The predicted molar refractivity (Wildman–Crippen MR) is 110 cm³/mol. The fourth-order valence-corrected chi connectivity index (χ4v) is 3.03. The van der Waals surface area contributed by atoms with Gasteiger partial charge in [-0.05, 0) is 42.5 Å². The van der Waals surface area contributed by atoms with Gasteiger partial charge in [0.1, 0.15) is 12.4 Å². The molecule has 1 heterocycles. The normalized spacial score (nSPS) is 13.6. The second-order valence-electron chi connectivity index (χ2n) is 6.23. The Morgan fingerprint density at radius 2 is 1.73 bits per heavy atom. The topological polar surface area (TPSA) is 94.2 Å². The van der Waals surface area contributed by atoms with Crippen LogP contribution in [-0.2, 0) is 23.8 Å². The number of carbonyl (C=O) groups is 3. The van der Waals surface area contributed by atoms with Crippen molar-refractivity contribution in [2.75, 3.05) is 37.8 Å². The van der Waals surface area contributed by atoms with Crippen molar-refractivity contribution in [2.45, 2.75) is 0 Å². The standard InChI is InChI=1S/C21H19ClN2O6/c1-28-20(26)17-11-30-12-24(18(17)21(27)29-2)16-5-3-4-15(10-16)23-19(25)13-6-8-14(22)9-7-13/h3-10H,11-12H2,1-2H3,(H,23,25). The van der Waals surface area contributed by atoms with Crippen LogP contribution in [0.1, 0.15) is 10.4 Å². The highest BCUT2D eigenvalue weighted by Crippen LogP contribution is 2.28. The van der Waals surface area contributed by atoms with Gasteiger partial charge < -0.3 is 24.4 Å². The summed E-state index contributed by atoms with van der Waals surface area (Å²) in [6.07, 6.45) is 0. The van der Waals surface area contributed by atoms with Gasteiger partial charge in [0.2, 0.25) is 0 Å². The summed E-state index contributed by atoms with van der Waals surface area (Å²) in [6, 6.07) is 13.2. The van der Waals surface area contributed by atoms with E-state index in [-0.39, 0.29) is 30.5 Å². The molecule has 0 aliphatic carbocycles. The number of methoxy groups -OCH3 is 2. The van der Waals surface area contributed by atoms with Crippen LogP contribution in [0.5, 0.6) is 0 Å². The first-order valence-electron chi connectivity index (χ1n) is 8.86. The van der Waals surface area contributed by atoms with Gasteiger partial charge in [-0.15, -0.1) is 0 Å². The Bertz CT molecular complexity index is 1000. The van der Waals surface area contributed by atoms with Crippen LogP contribution >= 0.6 is 11.6 Å². The van der Waals surface area contributed by atoms with E-state index in [1.54, 1.807) is 48.5 Å². The Labute approximate surface area is 178 Å². The van der Waals surface area contributed by atoms with Crippen molar-refractivity contribution in [3.63, 3.8) is 0 Å². The molecule has 0 fully saturated rings. The molecular weight excluding hydrogens is 412 g/mol. The number of hydrogen-bond donors (Lipinski definition) is 1. The molecule has 0 atom stereocenters. The molecule has 0 bridgehead atoms. The number of halogens is 1. The predicted octanol–water partition coefficient (Wildman–Crippen LogP) is 2.99. The van der Waals surface area contributed by atoms with Gasteiger partial charge in [-0.3, -0.25) is 4.79 Å². The first-order chi connectivity index (χ1) is 14.4. The molecule has 1 amide bonds. The maximum atomic E-state index is 12.5. The van der Waals surface area contributed by atoms with Crippen LogP contribution in [0, 0.1) is 0 Å². The lowest BCUT2D eigenvalue weighted by Gasteiger charge is -2.31. The number of carbonyl (C=O) groups excluding carboxylic acids is 3. The summed E-state index contributed by atoms with van der Waals surface area (Å²) in [5.74, 6) is -1.71. The van der Waals surface area contributed by atoms with Gasteiger partial charge in [-0.2, -0.15) is 0 Å². The average Bonchev–Trinajstić information content (AvgIpc) is 2.78. The SMILES string of the molecule is COC(=O)C1=C(C(=O)OC)N(c2cccc(NC(=O)c3ccc(Cl)cc3)c2)COC1. The molecule has 1 aliphatic rings. The van der Waals surface area contributed by atoms with E-state index in [4.69, 9.17) is 25.8 Å². The van der Waals surface area contributed by atoms with Crippen LogP contribution in [0.3, 0.4) is 0 Å². The van der Waals surface area contributed by atoms with Crippen LogP contribution in [0.4, 0.5) is 11.4 Å². The average molecular weight is 431 g/mol. The monoisotopic (exact) mass is 430 g/mol. The van der Waals surface area contributed by atoms with Gasteiger partial charge in [-0.25, -0.2) is 9.59 Å². The summed E-state index contributed by atoms with van der Waals surface area (Å²) in [4.78, 5) is 38.5. The van der Waals surface area contributed by atoms with E-state index >= 15 is 0 Å². The quantitative estimate of drug-likeness (QED) is 0.728. The lowest BCUT2D eigenvalue weighted by Crippen LogP contribution is -2.38. The number of nitrogens with zero attached hydrogens (tertiary/aromatic N) is 1. The number of rotatable bonds is 5. The van der Waals surface area contributed by atoms with Gasteiger partial charge in [-0.1, -0.05) is 17.7 Å². The zero-order valence-corrected chi connectivity index (χ0v) is 17.1. The van der Waals surface area contributed by atoms with Gasteiger partial charge >= 0.3 is 11.9 Å². The number of anilines is 2.